The summed E-state index contributed by atoms with van der Waals surface area (Å²) in [5.41, 5.74) is 2.89. The van der Waals surface area contributed by atoms with E-state index in [1.165, 1.54) is 19.3 Å². The number of fused-ring (bicyclic) bond motifs is 1. The number of benzene rings is 2. The molecule has 2 aromatic carbocycles. The van der Waals surface area contributed by atoms with Gasteiger partial charge in [0.05, 0.1) is 19.7 Å². The summed E-state index contributed by atoms with van der Waals surface area (Å²) < 4.78 is 11.2. The Morgan fingerprint density at radius 1 is 0.944 bits per heavy atom. The number of carbonyl (C=O) groups excluding carboxylic acids is 1. The summed E-state index contributed by atoms with van der Waals surface area (Å²) in [6.07, 6.45) is 7.60. The number of hydrogen-bond acceptors (Lipinski definition) is 6. The molecule has 0 bridgehead atoms. The van der Waals surface area contributed by atoms with Gasteiger partial charge in [0.15, 0.2) is 11.5 Å². The molecular formula is C29H36N4O3. The molecule has 190 valence electrons. The molecule has 2 heterocycles. The first-order valence-corrected chi connectivity index (χ1v) is 13.1. The van der Waals surface area contributed by atoms with Crippen molar-refractivity contribution in [1.82, 2.24) is 9.97 Å². The fraction of sp³-hybridized carbons (Fsp3) is 0.483. The van der Waals surface area contributed by atoms with E-state index in [4.69, 9.17) is 19.4 Å². The fourth-order valence-corrected chi connectivity index (χ4v) is 5.56. The van der Waals surface area contributed by atoms with Crippen LogP contribution in [-0.4, -0.2) is 43.2 Å². The van der Waals surface area contributed by atoms with Gasteiger partial charge in [-0.3, -0.25) is 4.79 Å². The first-order valence-electron chi connectivity index (χ1n) is 13.1. The molecule has 1 saturated carbocycles. The molecule has 1 N–H and O–H groups in total. The molecule has 0 spiro atoms. The Bertz CT molecular complexity index is 1230. The third kappa shape index (κ3) is 5.11. The Morgan fingerprint density at radius 3 is 2.36 bits per heavy atom. The molecule has 5 rings (SSSR count). The molecule has 3 aromatic rings. The summed E-state index contributed by atoms with van der Waals surface area (Å²) in [5, 5.41) is 4.07. The van der Waals surface area contributed by atoms with E-state index in [0.29, 0.717) is 17.4 Å². The maximum absolute atomic E-state index is 13.0. The first-order chi connectivity index (χ1) is 17.6. The fourth-order valence-electron chi connectivity index (χ4n) is 5.56. The predicted molar refractivity (Wildman–Crippen MR) is 143 cm³/mol. The molecular weight excluding hydrogens is 452 g/mol. The van der Waals surface area contributed by atoms with Gasteiger partial charge in [0.2, 0.25) is 5.91 Å². The van der Waals surface area contributed by atoms with Crippen LogP contribution in [-0.2, 0) is 4.79 Å². The summed E-state index contributed by atoms with van der Waals surface area (Å²) in [5.74, 6) is 3.71. The molecule has 1 amide bonds. The SMILES string of the molecule is COc1cc2nc(C3CCCCC3)nc(N3CCC(C(=O)Nc4cccc(C)c4)CC3)c2cc1OC. The van der Waals surface area contributed by atoms with Crippen molar-refractivity contribution in [2.75, 3.05) is 37.5 Å². The highest BCUT2D eigenvalue weighted by Crippen LogP contribution is 2.39. The lowest BCUT2D eigenvalue weighted by Gasteiger charge is -2.33. The Kier molecular flexibility index (Phi) is 7.25. The Hall–Kier alpha value is -3.35. The summed E-state index contributed by atoms with van der Waals surface area (Å²) >= 11 is 0. The van der Waals surface area contributed by atoms with Crippen LogP contribution in [0.15, 0.2) is 36.4 Å². The maximum atomic E-state index is 13.0. The van der Waals surface area contributed by atoms with Crippen molar-refractivity contribution in [2.24, 2.45) is 5.92 Å². The molecule has 0 radical (unpaired) electrons. The van der Waals surface area contributed by atoms with E-state index < -0.39 is 0 Å². The van der Waals surface area contributed by atoms with Crippen molar-refractivity contribution in [3.63, 3.8) is 0 Å². The molecule has 2 aliphatic rings. The van der Waals surface area contributed by atoms with Gasteiger partial charge in [-0.25, -0.2) is 9.97 Å². The van der Waals surface area contributed by atoms with E-state index in [1.54, 1.807) is 14.2 Å². The van der Waals surface area contributed by atoms with Crippen LogP contribution in [0, 0.1) is 12.8 Å². The molecule has 0 unspecified atom stereocenters. The number of nitrogens with zero attached hydrogens (tertiary/aromatic N) is 3. The average Bonchev–Trinajstić information content (AvgIpc) is 2.92. The standard InChI is InChI=1S/C29H36N4O3/c1-19-8-7-11-22(16-19)30-29(34)21-12-14-33(15-13-21)28-23-17-25(35-2)26(36-3)18-24(23)31-27(32-28)20-9-5-4-6-10-20/h7-8,11,16-18,20-21H,4-6,9-10,12-15H2,1-3H3,(H,30,34). The number of ether oxygens (including phenoxy) is 2. The highest BCUT2D eigenvalue weighted by molar-refractivity contribution is 5.94. The van der Waals surface area contributed by atoms with E-state index in [2.05, 4.69) is 10.2 Å². The third-order valence-electron chi connectivity index (χ3n) is 7.62. The number of aromatic nitrogens is 2. The zero-order valence-electron chi connectivity index (χ0n) is 21.5. The molecule has 2 fully saturated rings. The minimum Gasteiger partial charge on any atom is -0.493 e. The van der Waals surface area contributed by atoms with Crippen molar-refractivity contribution in [1.29, 1.82) is 0 Å². The smallest absolute Gasteiger partial charge is 0.227 e. The number of carbonyl (C=O) groups is 1. The van der Waals surface area contributed by atoms with E-state index in [0.717, 1.165) is 72.6 Å². The van der Waals surface area contributed by atoms with Crippen molar-refractivity contribution in [2.45, 2.75) is 57.8 Å². The van der Waals surface area contributed by atoms with Gasteiger partial charge in [-0.1, -0.05) is 31.4 Å². The Balaban J connectivity index is 1.40. The van der Waals surface area contributed by atoms with Crippen LogP contribution < -0.4 is 19.7 Å². The lowest BCUT2D eigenvalue weighted by Crippen LogP contribution is -2.39. The number of rotatable bonds is 6. The maximum Gasteiger partial charge on any atom is 0.227 e. The van der Waals surface area contributed by atoms with Gasteiger partial charge < -0.3 is 19.7 Å². The highest BCUT2D eigenvalue weighted by atomic mass is 16.5. The van der Waals surface area contributed by atoms with E-state index in [9.17, 15) is 4.79 Å². The monoisotopic (exact) mass is 488 g/mol. The van der Waals surface area contributed by atoms with Crippen molar-refractivity contribution >= 4 is 28.3 Å². The van der Waals surface area contributed by atoms with Crippen molar-refractivity contribution in [3.8, 4) is 11.5 Å². The lowest BCUT2D eigenvalue weighted by molar-refractivity contribution is -0.120. The number of methoxy groups -OCH3 is 2. The Morgan fingerprint density at radius 2 is 1.67 bits per heavy atom. The molecule has 7 heteroatoms. The summed E-state index contributed by atoms with van der Waals surface area (Å²) in [6, 6.07) is 11.9. The van der Waals surface area contributed by atoms with E-state index in [-0.39, 0.29) is 11.8 Å². The molecule has 1 saturated heterocycles. The number of anilines is 2. The lowest BCUT2D eigenvalue weighted by atomic mass is 9.88. The number of piperidine rings is 1. The number of aryl methyl sites for hydroxylation is 1. The van der Waals surface area contributed by atoms with Crippen LogP contribution in [0.3, 0.4) is 0 Å². The number of nitrogens with one attached hydrogen (secondary N) is 1. The predicted octanol–water partition coefficient (Wildman–Crippen LogP) is 5.86. The second-order valence-electron chi connectivity index (χ2n) is 10.1. The molecule has 36 heavy (non-hydrogen) atoms. The first kappa shape index (κ1) is 24.3. The third-order valence-corrected chi connectivity index (χ3v) is 7.62. The quantitative estimate of drug-likeness (QED) is 0.468. The van der Waals surface area contributed by atoms with Crippen molar-refractivity contribution in [3.05, 3.63) is 47.8 Å². The van der Waals surface area contributed by atoms with Crippen LogP contribution in [0.2, 0.25) is 0 Å². The largest absolute Gasteiger partial charge is 0.493 e. The minimum absolute atomic E-state index is 0.0118. The average molecular weight is 489 g/mol. The van der Waals surface area contributed by atoms with E-state index >= 15 is 0 Å². The van der Waals surface area contributed by atoms with Crippen LogP contribution in [0.5, 0.6) is 11.5 Å². The Labute approximate surface area is 213 Å². The van der Waals surface area contributed by atoms with Crippen LogP contribution in [0.4, 0.5) is 11.5 Å². The second kappa shape index (κ2) is 10.7. The molecule has 1 aliphatic heterocycles. The van der Waals surface area contributed by atoms with Gasteiger partial charge in [-0.05, 0) is 56.4 Å². The molecule has 0 atom stereocenters. The topological polar surface area (TPSA) is 76.6 Å². The minimum atomic E-state index is -0.0118. The summed E-state index contributed by atoms with van der Waals surface area (Å²) in [7, 11) is 3.30. The zero-order valence-corrected chi connectivity index (χ0v) is 21.5. The second-order valence-corrected chi connectivity index (χ2v) is 10.1. The van der Waals surface area contributed by atoms with E-state index in [1.807, 2.05) is 43.3 Å². The number of amides is 1. The molecule has 7 nitrogen and oxygen atoms in total. The van der Waals surface area contributed by atoms with Gasteiger partial charge >= 0.3 is 0 Å². The normalized spacial score (nSPS) is 17.2. The van der Waals surface area contributed by atoms with Gasteiger partial charge in [-0.2, -0.15) is 0 Å². The van der Waals surface area contributed by atoms with Crippen LogP contribution >= 0.6 is 0 Å². The summed E-state index contributed by atoms with van der Waals surface area (Å²) in [6.45, 7) is 3.58. The van der Waals surface area contributed by atoms with Gasteiger partial charge in [0, 0.05) is 42.1 Å². The van der Waals surface area contributed by atoms with Gasteiger partial charge in [-0.15, -0.1) is 0 Å². The van der Waals surface area contributed by atoms with Crippen LogP contribution in [0.1, 0.15) is 62.3 Å². The van der Waals surface area contributed by atoms with Crippen molar-refractivity contribution < 1.29 is 14.3 Å². The molecule has 1 aromatic heterocycles. The summed E-state index contributed by atoms with van der Waals surface area (Å²) in [4.78, 5) is 25.4. The van der Waals surface area contributed by atoms with Gasteiger partial charge in [0.1, 0.15) is 11.6 Å². The number of hydrogen-bond donors (Lipinski definition) is 1. The van der Waals surface area contributed by atoms with Gasteiger partial charge in [0.25, 0.3) is 0 Å². The molecule has 1 aliphatic carbocycles. The highest BCUT2D eigenvalue weighted by Gasteiger charge is 2.29. The van der Waals surface area contributed by atoms with Crippen LogP contribution in [0.25, 0.3) is 10.9 Å². The zero-order chi connectivity index (χ0) is 25.1.